The van der Waals surface area contributed by atoms with E-state index in [2.05, 4.69) is 17.2 Å². The zero-order valence-electron chi connectivity index (χ0n) is 16.9. The first-order valence-electron chi connectivity index (χ1n) is 10.2. The number of aromatic nitrogens is 1. The largest absolute Gasteiger partial charge is 0.494 e. The lowest BCUT2D eigenvalue weighted by molar-refractivity contribution is 0.102. The predicted molar refractivity (Wildman–Crippen MR) is 118 cm³/mol. The predicted octanol–water partition coefficient (Wildman–Crippen LogP) is 5.85. The highest BCUT2D eigenvalue weighted by Crippen LogP contribution is 2.19. The van der Waals surface area contributed by atoms with Crippen LogP contribution in [0.4, 0.5) is 5.69 Å². The summed E-state index contributed by atoms with van der Waals surface area (Å²) in [5.41, 5.74) is 4.04. The Hall–Kier alpha value is -3.60. The van der Waals surface area contributed by atoms with Crippen molar-refractivity contribution in [3.05, 3.63) is 89.8 Å². The van der Waals surface area contributed by atoms with Crippen molar-refractivity contribution in [1.29, 1.82) is 0 Å². The molecule has 0 aliphatic carbocycles. The van der Waals surface area contributed by atoms with Crippen molar-refractivity contribution in [2.75, 3.05) is 11.9 Å². The maximum Gasteiger partial charge on any atom is 0.255 e. The number of anilines is 1. The summed E-state index contributed by atoms with van der Waals surface area (Å²) in [7, 11) is 0. The molecule has 0 spiro atoms. The monoisotopic (exact) mass is 400 g/mol. The summed E-state index contributed by atoms with van der Waals surface area (Å²) in [4.78, 5) is 17.0. The van der Waals surface area contributed by atoms with Crippen LogP contribution in [0.1, 0.15) is 41.6 Å². The van der Waals surface area contributed by atoms with Crippen molar-refractivity contribution in [1.82, 2.24) is 4.98 Å². The number of hydrogen-bond donors (Lipinski definition) is 1. The average Bonchev–Trinajstić information content (AvgIpc) is 3.18. The number of carbonyl (C=O) groups excluding carboxylic acids is 1. The summed E-state index contributed by atoms with van der Waals surface area (Å²) in [6.45, 7) is 2.82. The topological polar surface area (TPSA) is 64.4 Å². The molecule has 0 aliphatic rings. The number of rotatable bonds is 8. The van der Waals surface area contributed by atoms with Crippen LogP contribution in [0.15, 0.2) is 77.2 Å². The first-order chi connectivity index (χ1) is 14.7. The van der Waals surface area contributed by atoms with Crippen molar-refractivity contribution in [2.45, 2.75) is 26.2 Å². The average molecular weight is 400 g/mol. The Morgan fingerprint density at radius 2 is 1.77 bits per heavy atom. The molecule has 1 N–H and O–H groups in total. The number of nitrogens with zero attached hydrogens (tertiary/aromatic N) is 1. The number of ether oxygens (including phenoxy) is 1. The smallest absolute Gasteiger partial charge is 0.255 e. The number of fused-ring (bicyclic) bond motifs is 1. The summed E-state index contributed by atoms with van der Waals surface area (Å²) < 4.78 is 11.4. The van der Waals surface area contributed by atoms with E-state index in [0.717, 1.165) is 40.9 Å². The Morgan fingerprint density at radius 3 is 2.50 bits per heavy atom. The molecule has 0 saturated heterocycles. The van der Waals surface area contributed by atoms with Gasteiger partial charge in [0, 0.05) is 17.7 Å². The Morgan fingerprint density at radius 1 is 1.00 bits per heavy atom. The van der Waals surface area contributed by atoms with Crippen LogP contribution in [-0.4, -0.2) is 17.5 Å². The third-order valence-electron chi connectivity index (χ3n) is 4.79. The second kappa shape index (κ2) is 9.27. The summed E-state index contributed by atoms with van der Waals surface area (Å²) in [5.74, 6) is 1.31. The molecule has 0 radical (unpaired) electrons. The van der Waals surface area contributed by atoms with Crippen LogP contribution >= 0.6 is 0 Å². The van der Waals surface area contributed by atoms with Gasteiger partial charge in [-0.2, -0.15) is 0 Å². The van der Waals surface area contributed by atoms with Gasteiger partial charge in [0.1, 0.15) is 11.3 Å². The fraction of sp³-hybridized carbons (Fsp3) is 0.200. The van der Waals surface area contributed by atoms with E-state index < -0.39 is 0 Å². The van der Waals surface area contributed by atoms with E-state index >= 15 is 0 Å². The number of benzene rings is 3. The maximum absolute atomic E-state index is 12.5. The van der Waals surface area contributed by atoms with Crippen LogP contribution in [0.3, 0.4) is 0 Å². The molecule has 1 heterocycles. The van der Waals surface area contributed by atoms with Gasteiger partial charge in [0.25, 0.3) is 5.91 Å². The zero-order chi connectivity index (χ0) is 20.8. The molecule has 3 aromatic carbocycles. The molecule has 5 nitrogen and oxygen atoms in total. The van der Waals surface area contributed by atoms with Crippen LogP contribution in [0.25, 0.3) is 11.1 Å². The van der Waals surface area contributed by atoms with Gasteiger partial charge in [-0.15, -0.1) is 0 Å². The molecule has 1 aromatic heterocycles. The number of carbonyl (C=O) groups is 1. The SMILES string of the molecule is CCCCOc1ccc(C(=O)Nc2ccc(Cc3nc4ccccc4o3)cc2)cc1. The number of amides is 1. The lowest BCUT2D eigenvalue weighted by Gasteiger charge is -2.08. The normalized spacial score (nSPS) is 10.8. The fourth-order valence-electron chi connectivity index (χ4n) is 3.12. The summed E-state index contributed by atoms with van der Waals surface area (Å²) in [6.07, 6.45) is 2.71. The first-order valence-corrected chi connectivity index (χ1v) is 10.2. The Bertz CT molecular complexity index is 1080. The molecule has 1 amide bonds. The van der Waals surface area contributed by atoms with E-state index in [4.69, 9.17) is 9.15 Å². The lowest BCUT2D eigenvalue weighted by atomic mass is 10.1. The second-order valence-electron chi connectivity index (χ2n) is 7.13. The Balaban J connectivity index is 1.35. The number of para-hydroxylation sites is 2. The zero-order valence-corrected chi connectivity index (χ0v) is 16.9. The van der Waals surface area contributed by atoms with Crippen LogP contribution in [-0.2, 0) is 6.42 Å². The van der Waals surface area contributed by atoms with E-state index in [1.54, 1.807) is 12.1 Å². The minimum absolute atomic E-state index is 0.151. The standard InChI is InChI=1S/C25H24N2O3/c1-2-3-16-29-21-14-10-19(11-15-21)25(28)26-20-12-8-18(9-13-20)17-24-27-22-6-4-5-7-23(22)30-24/h4-15H,2-3,16-17H2,1H3,(H,26,28). The van der Waals surface area contributed by atoms with Gasteiger partial charge in [0.05, 0.1) is 6.61 Å². The number of hydrogen-bond acceptors (Lipinski definition) is 4. The summed E-state index contributed by atoms with van der Waals surface area (Å²) in [6, 6.07) is 22.6. The van der Waals surface area contributed by atoms with Gasteiger partial charge in [-0.25, -0.2) is 4.98 Å². The van der Waals surface area contributed by atoms with Gasteiger partial charge in [0.2, 0.25) is 0 Å². The quantitative estimate of drug-likeness (QED) is 0.377. The van der Waals surface area contributed by atoms with Gasteiger partial charge in [-0.05, 0) is 60.5 Å². The van der Waals surface area contributed by atoms with Crippen molar-refractivity contribution < 1.29 is 13.9 Å². The number of nitrogens with one attached hydrogen (secondary N) is 1. The molecule has 0 aliphatic heterocycles. The van der Waals surface area contributed by atoms with Gasteiger partial charge in [0.15, 0.2) is 11.5 Å². The van der Waals surface area contributed by atoms with Crippen molar-refractivity contribution in [3.8, 4) is 5.75 Å². The molecule has 0 fully saturated rings. The van der Waals surface area contributed by atoms with Crippen molar-refractivity contribution in [3.63, 3.8) is 0 Å². The highest BCUT2D eigenvalue weighted by Gasteiger charge is 2.08. The molecule has 30 heavy (non-hydrogen) atoms. The van der Waals surface area contributed by atoms with Crippen LogP contribution in [0, 0.1) is 0 Å². The molecule has 152 valence electrons. The van der Waals surface area contributed by atoms with E-state index in [1.165, 1.54) is 0 Å². The van der Waals surface area contributed by atoms with Gasteiger partial charge < -0.3 is 14.5 Å². The molecular weight excluding hydrogens is 376 g/mol. The highest BCUT2D eigenvalue weighted by molar-refractivity contribution is 6.04. The highest BCUT2D eigenvalue weighted by atomic mass is 16.5. The van der Waals surface area contributed by atoms with Crippen molar-refractivity contribution >= 4 is 22.7 Å². The minimum Gasteiger partial charge on any atom is -0.494 e. The van der Waals surface area contributed by atoms with E-state index in [0.29, 0.717) is 24.5 Å². The van der Waals surface area contributed by atoms with Gasteiger partial charge >= 0.3 is 0 Å². The third kappa shape index (κ3) is 4.87. The first kappa shape index (κ1) is 19.7. The molecular formula is C25H24N2O3. The van der Waals surface area contributed by atoms with Crippen molar-refractivity contribution in [2.24, 2.45) is 0 Å². The van der Waals surface area contributed by atoms with Crippen LogP contribution in [0.5, 0.6) is 5.75 Å². The lowest BCUT2D eigenvalue weighted by Crippen LogP contribution is -2.11. The maximum atomic E-state index is 12.5. The van der Waals surface area contributed by atoms with Crippen LogP contribution < -0.4 is 10.1 Å². The molecule has 0 bridgehead atoms. The summed E-state index contributed by atoms with van der Waals surface area (Å²) in [5, 5.41) is 2.92. The molecule has 4 aromatic rings. The van der Waals surface area contributed by atoms with E-state index in [1.807, 2.05) is 60.7 Å². The van der Waals surface area contributed by atoms with E-state index in [-0.39, 0.29) is 5.91 Å². The Kier molecular flexibility index (Phi) is 6.09. The van der Waals surface area contributed by atoms with Gasteiger partial charge in [-0.3, -0.25) is 4.79 Å². The minimum atomic E-state index is -0.151. The summed E-state index contributed by atoms with van der Waals surface area (Å²) >= 11 is 0. The molecule has 0 saturated carbocycles. The third-order valence-corrected chi connectivity index (χ3v) is 4.79. The Labute approximate surface area is 175 Å². The number of oxazole rings is 1. The molecule has 0 unspecified atom stereocenters. The molecule has 5 heteroatoms. The number of unbranched alkanes of at least 4 members (excludes halogenated alkanes) is 1. The fourth-order valence-corrected chi connectivity index (χ4v) is 3.12. The molecule has 4 rings (SSSR count). The van der Waals surface area contributed by atoms with E-state index in [9.17, 15) is 4.79 Å². The second-order valence-corrected chi connectivity index (χ2v) is 7.13. The van der Waals surface area contributed by atoms with Crippen LogP contribution in [0.2, 0.25) is 0 Å². The molecule has 0 atom stereocenters. The van der Waals surface area contributed by atoms with Gasteiger partial charge in [-0.1, -0.05) is 37.6 Å².